The molecule has 0 aromatic rings. The highest BCUT2D eigenvalue weighted by Gasteiger charge is 2.06. The zero-order valence-corrected chi connectivity index (χ0v) is 7.23. The molecule has 0 unspecified atom stereocenters. The van der Waals surface area contributed by atoms with Crippen molar-refractivity contribution in [1.29, 1.82) is 0 Å². The average Bonchev–Trinajstić information content (AvgIpc) is 1.99. The predicted octanol–water partition coefficient (Wildman–Crippen LogP) is 0.0286. The van der Waals surface area contributed by atoms with E-state index in [1.54, 1.807) is 13.8 Å². The van der Waals surface area contributed by atoms with Gasteiger partial charge in [-0.1, -0.05) is 13.8 Å². The van der Waals surface area contributed by atoms with Crippen LogP contribution in [0.5, 0.6) is 0 Å². The molecule has 0 heterocycles. The molecule has 0 atom stereocenters. The number of hydrogen-bond acceptors (Lipinski definition) is 2. The molecule has 0 radical (unpaired) electrons. The van der Waals surface area contributed by atoms with Crippen LogP contribution in [0.1, 0.15) is 13.8 Å². The molecule has 0 aliphatic heterocycles. The van der Waals surface area contributed by atoms with Crippen LogP contribution in [0.15, 0.2) is 0 Å². The van der Waals surface area contributed by atoms with E-state index in [9.17, 15) is 9.59 Å². The van der Waals surface area contributed by atoms with Gasteiger partial charge < -0.3 is 0 Å². The van der Waals surface area contributed by atoms with Crippen molar-refractivity contribution in [3.05, 3.63) is 0 Å². The lowest BCUT2D eigenvalue weighted by atomic mass is 10.2. The van der Waals surface area contributed by atoms with Gasteiger partial charge >= 0.3 is 0 Å². The lowest BCUT2D eigenvalue weighted by molar-refractivity contribution is -0.129. The van der Waals surface area contributed by atoms with E-state index in [2.05, 4.69) is 10.9 Å². The van der Waals surface area contributed by atoms with E-state index < -0.39 is 5.91 Å². The number of hydrogen-bond donors (Lipinski definition) is 2. The topological polar surface area (TPSA) is 58.2 Å². The molecular formula is C6H11ClN2O2. The summed E-state index contributed by atoms with van der Waals surface area (Å²) in [6.45, 7) is 3.45. The smallest absolute Gasteiger partial charge is 0.253 e. The standard InChI is InChI=1S/C6H11ClN2O2/c1-4(2)6(11)9-8-5(10)3-7/h4H,3H2,1-2H3,(H,8,10)(H,9,11). The molecule has 0 aliphatic rings. The van der Waals surface area contributed by atoms with E-state index in [1.807, 2.05) is 0 Å². The van der Waals surface area contributed by atoms with Crippen molar-refractivity contribution in [2.24, 2.45) is 5.92 Å². The van der Waals surface area contributed by atoms with E-state index in [0.29, 0.717) is 0 Å². The molecule has 2 amide bonds. The van der Waals surface area contributed by atoms with Gasteiger partial charge in [0.05, 0.1) is 0 Å². The zero-order valence-electron chi connectivity index (χ0n) is 6.48. The molecule has 64 valence electrons. The van der Waals surface area contributed by atoms with Crippen LogP contribution in [0, 0.1) is 5.92 Å². The lowest BCUT2D eigenvalue weighted by Crippen LogP contribution is -2.44. The fourth-order valence-electron chi connectivity index (χ4n) is 0.309. The third-order valence-corrected chi connectivity index (χ3v) is 1.21. The summed E-state index contributed by atoms with van der Waals surface area (Å²) < 4.78 is 0. The van der Waals surface area contributed by atoms with E-state index in [4.69, 9.17) is 11.6 Å². The minimum absolute atomic E-state index is 0.148. The van der Waals surface area contributed by atoms with Crippen LogP contribution in [0.3, 0.4) is 0 Å². The quantitative estimate of drug-likeness (QED) is 0.463. The van der Waals surface area contributed by atoms with Crippen molar-refractivity contribution < 1.29 is 9.59 Å². The Bertz CT molecular complexity index is 159. The number of alkyl halides is 1. The van der Waals surface area contributed by atoms with Gasteiger partial charge in [0.2, 0.25) is 5.91 Å². The van der Waals surface area contributed by atoms with Crippen molar-refractivity contribution in [2.45, 2.75) is 13.8 Å². The zero-order chi connectivity index (χ0) is 8.85. The minimum atomic E-state index is -0.416. The van der Waals surface area contributed by atoms with Crippen molar-refractivity contribution in [3.8, 4) is 0 Å². The van der Waals surface area contributed by atoms with Gasteiger partial charge in [-0.25, -0.2) is 0 Å². The van der Waals surface area contributed by atoms with Gasteiger partial charge in [0.25, 0.3) is 5.91 Å². The monoisotopic (exact) mass is 178 g/mol. The maximum absolute atomic E-state index is 10.8. The van der Waals surface area contributed by atoms with Crippen molar-refractivity contribution in [1.82, 2.24) is 10.9 Å². The van der Waals surface area contributed by atoms with Gasteiger partial charge in [-0.2, -0.15) is 0 Å². The number of nitrogens with one attached hydrogen (secondary N) is 2. The molecule has 0 rings (SSSR count). The van der Waals surface area contributed by atoms with Crippen LogP contribution in [-0.4, -0.2) is 17.7 Å². The predicted molar refractivity (Wildman–Crippen MR) is 41.8 cm³/mol. The lowest BCUT2D eigenvalue weighted by Gasteiger charge is -2.06. The molecule has 2 N–H and O–H groups in total. The van der Waals surface area contributed by atoms with Gasteiger partial charge in [0.1, 0.15) is 5.88 Å². The SMILES string of the molecule is CC(C)C(=O)NNC(=O)CCl. The van der Waals surface area contributed by atoms with Gasteiger partial charge in [-0.15, -0.1) is 11.6 Å². The summed E-state index contributed by atoms with van der Waals surface area (Å²) in [7, 11) is 0. The molecule has 0 fully saturated rings. The Balaban J connectivity index is 3.54. The average molecular weight is 179 g/mol. The summed E-state index contributed by atoms with van der Waals surface area (Å²) >= 11 is 5.15. The summed E-state index contributed by atoms with van der Waals surface area (Å²) in [6.07, 6.45) is 0. The molecule has 0 aromatic heterocycles. The summed E-state index contributed by atoms with van der Waals surface area (Å²) in [5.74, 6) is -0.951. The summed E-state index contributed by atoms with van der Waals surface area (Å²) in [4.78, 5) is 21.3. The van der Waals surface area contributed by atoms with Crippen molar-refractivity contribution >= 4 is 23.4 Å². The Kier molecular flexibility index (Phi) is 4.61. The number of hydrazine groups is 1. The number of carbonyl (C=O) groups is 2. The highest BCUT2D eigenvalue weighted by Crippen LogP contribution is 1.88. The maximum Gasteiger partial charge on any atom is 0.253 e. The fourth-order valence-corrected chi connectivity index (χ4v) is 0.376. The Labute approximate surface area is 70.3 Å². The normalized spacial score (nSPS) is 9.45. The molecular weight excluding hydrogens is 168 g/mol. The third-order valence-electron chi connectivity index (χ3n) is 0.971. The molecule has 4 nitrogen and oxygen atoms in total. The summed E-state index contributed by atoms with van der Waals surface area (Å²) in [5.41, 5.74) is 4.35. The largest absolute Gasteiger partial charge is 0.273 e. The maximum atomic E-state index is 10.8. The second-order valence-electron chi connectivity index (χ2n) is 2.33. The van der Waals surface area contributed by atoms with E-state index in [1.165, 1.54) is 0 Å². The van der Waals surface area contributed by atoms with Crippen LogP contribution >= 0.6 is 11.6 Å². The van der Waals surface area contributed by atoms with Crippen LogP contribution < -0.4 is 10.9 Å². The van der Waals surface area contributed by atoms with Gasteiger partial charge in [-0.05, 0) is 0 Å². The van der Waals surface area contributed by atoms with Crippen LogP contribution in [0.2, 0.25) is 0 Å². The van der Waals surface area contributed by atoms with E-state index in [0.717, 1.165) is 0 Å². The van der Waals surface area contributed by atoms with E-state index >= 15 is 0 Å². The first-order chi connectivity index (χ1) is 5.07. The Morgan fingerprint density at radius 3 is 2.27 bits per heavy atom. The highest BCUT2D eigenvalue weighted by molar-refractivity contribution is 6.27. The number of halogens is 1. The first-order valence-electron chi connectivity index (χ1n) is 3.22. The molecule has 0 saturated heterocycles. The summed E-state index contributed by atoms with van der Waals surface area (Å²) in [5, 5.41) is 0. The van der Waals surface area contributed by atoms with Crippen LogP contribution in [-0.2, 0) is 9.59 Å². The Morgan fingerprint density at radius 1 is 1.36 bits per heavy atom. The van der Waals surface area contributed by atoms with Gasteiger partial charge in [0, 0.05) is 5.92 Å². The Hall–Kier alpha value is -0.770. The molecule has 0 saturated carbocycles. The van der Waals surface area contributed by atoms with Crippen molar-refractivity contribution in [2.75, 3.05) is 5.88 Å². The number of carbonyl (C=O) groups excluding carboxylic acids is 2. The van der Waals surface area contributed by atoms with Crippen LogP contribution in [0.4, 0.5) is 0 Å². The third kappa shape index (κ3) is 4.61. The second-order valence-corrected chi connectivity index (χ2v) is 2.59. The minimum Gasteiger partial charge on any atom is -0.273 e. The molecule has 5 heteroatoms. The molecule has 0 aliphatic carbocycles. The first-order valence-corrected chi connectivity index (χ1v) is 3.76. The van der Waals surface area contributed by atoms with Crippen molar-refractivity contribution in [3.63, 3.8) is 0 Å². The first kappa shape index (κ1) is 10.2. The van der Waals surface area contributed by atoms with Crippen LogP contribution in [0.25, 0.3) is 0 Å². The molecule has 0 bridgehead atoms. The highest BCUT2D eigenvalue weighted by atomic mass is 35.5. The van der Waals surface area contributed by atoms with Gasteiger partial charge in [-0.3, -0.25) is 20.4 Å². The molecule has 0 spiro atoms. The number of rotatable bonds is 2. The van der Waals surface area contributed by atoms with Gasteiger partial charge in [0.15, 0.2) is 0 Å². The molecule has 0 aromatic carbocycles. The summed E-state index contributed by atoms with van der Waals surface area (Å²) in [6, 6.07) is 0. The second kappa shape index (κ2) is 4.96. The molecule has 11 heavy (non-hydrogen) atoms. The number of amides is 2. The Morgan fingerprint density at radius 2 is 1.91 bits per heavy atom. The fraction of sp³-hybridized carbons (Fsp3) is 0.667. The van der Waals surface area contributed by atoms with E-state index in [-0.39, 0.29) is 17.7 Å².